The van der Waals surface area contributed by atoms with E-state index in [0.717, 1.165) is 0 Å². The fraction of sp³-hybridized carbons (Fsp3) is 0.609. The van der Waals surface area contributed by atoms with Crippen LogP contribution >= 0.6 is 0 Å². The number of carbonyl (C=O) groups excluding carboxylic acids is 1. The summed E-state index contributed by atoms with van der Waals surface area (Å²) in [7, 11) is 1.35. The van der Waals surface area contributed by atoms with E-state index in [0.29, 0.717) is 0 Å². The maximum atomic E-state index is 12.7. The van der Waals surface area contributed by atoms with Crippen molar-refractivity contribution in [3.05, 3.63) is 36.1 Å². The molecule has 13 nitrogen and oxygen atoms in total. The maximum absolute atomic E-state index is 12.7. The van der Waals surface area contributed by atoms with E-state index in [9.17, 15) is 35.4 Å². The highest BCUT2D eigenvalue weighted by Crippen LogP contribution is 2.60. The molecule has 0 unspecified atom stereocenters. The van der Waals surface area contributed by atoms with Gasteiger partial charge in [-0.05, 0) is 24.3 Å². The Hall–Kier alpha value is -2.49. The number of aromatic hydroxyl groups is 1. The molecule has 11 atom stereocenters. The lowest BCUT2D eigenvalue weighted by Gasteiger charge is -2.43. The van der Waals surface area contributed by atoms with E-state index >= 15 is 0 Å². The summed E-state index contributed by atoms with van der Waals surface area (Å²) in [4.78, 5) is 12.7. The van der Waals surface area contributed by atoms with Gasteiger partial charge in [-0.1, -0.05) is 0 Å². The van der Waals surface area contributed by atoms with E-state index in [2.05, 4.69) is 0 Å². The van der Waals surface area contributed by atoms with Crippen molar-refractivity contribution in [2.24, 2.45) is 11.8 Å². The summed E-state index contributed by atoms with van der Waals surface area (Å²) in [6, 6.07) is 3.99. The summed E-state index contributed by atoms with van der Waals surface area (Å²) in [5.41, 5.74) is -1.04. The number of aliphatic hydroxyl groups excluding tert-OH is 5. The van der Waals surface area contributed by atoms with Crippen molar-refractivity contribution in [1.29, 1.82) is 0 Å². The van der Waals surface area contributed by atoms with Gasteiger partial charge in [0.25, 0.3) is 0 Å². The third-order valence-corrected chi connectivity index (χ3v) is 7.22. The van der Waals surface area contributed by atoms with Crippen molar-refractivity contribution >= 4 is 5.97 Å². The van der Waals surface area contributed by atoms with Crippen LogP contribution in [0.3, 0.4) is 0 Å². The number of phenolic OH excluding ortho intramolecular Hbond substituents is 1. The lowest BCUT2D eigenvalue weighted by Crippen LogP contribution is -2.60. The highest BCUT2D eigenvalue weighted by Gasteiger charge is 2.76. The number of rotatable bonds is 7. The largest absolute Gasteiger partial charge is 0.504 e. The van der Waals surface area contributed by atoms with Crippen LogP contribution in [-0.4, -0.2) is 112 Å². The molecule has 2 saturated heterocycles. The first-order valence-electron chi connectivity index (χ1n) is 11.4. The quantitative estimate of drug-likeness (QED) is 0.173. The molecule has 0 amide bonds. The molecule has 3 aliphatic heterocycles. The standard InChI is InChI=1S/C23H28O13/c1-31-12-6-9(2-3-11(12)25)20(30)33-8-23-14-10(15(26)19(23)36-23)4-5-32-21(14)35-22-18(29)17(28)16(27)13(7-24)34-22/h2-6,10,13-19,21-22,24-29H,7-8H2,1H3/t10-,13+,14+,15-,16+,17-,18+,19+,21+,22-,23+/m1/s1. The van der Waals surface area contributed by atoms with Gasteiger partial charge < -0.3 is 59.1 Å². The molecule has 0 aromatic heterocycles. The van der Waals surface area contributed by atoms with Crippen molar-refractivity contribution in [3.8, 4) is 11.5 Å². The molecule has 0 spiro atoms. The van der Waals surface area contributed by atoms with Crippen LogP contribution in [0, 0.1) is 11.8 Å². The average Bonchev–Trinajstić information content (AvgIpc) is 3.57. The molecule has 1 aromatic carbocycles. The molecule has 4 aliphatic rings. The van der Waals surface area contributed by atoms with Crippen LogP contribution in [0.25, 0.3) is 0 Å². The van der Waals surface area contributed by atoms with Crippen molar-refractivity contribution in [3.63, 3.8) is 0 Å². The Labute approximate surface area is 205 Å². The van der Waals surface area contributed by atoms with Gasteiger partial charge in [0.05, 0.1) is 37.6 Å². The van der Waals surface area contributed by atoms with Crippen LogP contribution < -0.4 is 4.74 Å². The molecule has 198 valence electrons. The average molecular weight is 512 g/mol. The summed E-state index contributed by atoms with van der Waals surface area (Å²) in [6.07, 6.45) is -7.35. The zero-order valence-electron chi connectivity index (χ0n) is 19.1. The number of carbonyl (C=O) groups is 1. The number of epoxide rings is 1. The molecule has 3 fully saturated rings. The molecule has 5 rings (SSSR count). The Morgan fingerprint density at radius 1 is 1.08 bits per heavy atom. The number of phenols is 1. The topological polar surface area (TPSA) is 197 Å². The minimum Gasteiger partial charge on any atom is -0.504 e. The first kappa shape index (κ1) is 25.2. The van der Waals surface area contributed by atoms with Crippen LogP contribution in [0.2, 0.25) is 0 Å². The van der Waals surface area contributed by atoms with Gasteiger partial charge in [0.1, 0.15) is 42.7 Å². The van der Waals surface area contributed by atoms with E-state index in [1.165, 1.54) is 31.6 Å². The second-order valence-electron chi connectivity index (χ2n) is 9.22. The minimum atomic E-state index is -1.66. The Balaban J connectivity index is 1.32. The third-order valence-electron chi connectivity index (χ3n) is 7.22. The summed E-state index contributed by atoms with van der Waals surface area (Å²) in [5.74, 6) is -1.96. The second-order valence-corrected chi connectivity index (χ2v) is 9.22. The fourth-order valence-corrected chi connectivity index (χ4v) is 5.22. The molecule has 6 N–H and O–H groups in total. The highest BCUT2D eigenvalue weighted by molar-refractivity contribution is 5.90. The van der Waals surface area contributed by atoms with Gasteiger partial charge >= 0.3 is 5.97 Å². The van der Waals surface area contributed by atoms with Crippen molar-refractivity contribution in [2.75, 3.05) is 20.3 Å². The number of aliphatic hydroxyl groups is 5. The predicted octanol–water partition coefficient (Wildman–Crippen LogP) is -2.01. The summed E-state index contributed by atoms with van der Waals surface area (Å²) in [6.45, 7) is -0.891. The van der Waals surface area contributed by atoms with Gasteiger partial charge in [-0.15, -0.1) is 0 Å². The lowest BCUT2D eigenvalue weighted by atomic mass is 9.85. The summed E-state index contributed by atoms with van der Waals surface area (Å²) in [5, 5.41) is 60.4. The van der Waals surface area contributed by atoms with Gasteiger partial charge in [0.15, 0.2) is 17.8 Å². The van der Waals surface area contributed by atoms with Crippen molar-refractivity contribution < 1.29 is 63.9 Å². The number of hydrogen-bond acceptors (Lipinski definition) is 13. The predicted molar refractivity (Wildman–Crippen MR) is 114 cm³/mol. The van der Waals surface area contributed by atoms with Gasteiger partial charge in [0.2, 0.25) is 6.29 Å². The maximum Gasteiger partial charge on any atom is 0.338 e. The molecular weight excluding hydrogens is 484 g/mol. The van der Waals surface area contributed by atoms with Gasteiger partial charge in [-0.3, -0.25) is 0 Å². The number of fused-ring (bicyclic) bond motifs is 3. The van der Waals surface area contributed by atoms with Crippen LogP contribution in [-0.2, 0) is 23.7 Å². The van der Waals surface area contributed by atoms with Gasteiger partial charge in [0, 0.05) is 5.92 Å². The van der Waals surface area contributed by atoms with Crippen molar-refractivity contribution in [2.45, 2.75) is 54.8 Å². The Kier molecular flexibility index (Phi) is 6.59. The van der Waals surface area contributed by atoms with E-state index in [1.54, 1.807) is 6.08 Å². The molecular formula is C23H28O13. The summed E-state index contributed by atoms with van der Waals surface area (Å²) < 4.78 is 33.1. The van der Waals surface area contributed by atoms with Gasteiger partial charge in [-0.25, -0.2) is 4.79 Å². The molecule has 0 bridgehead atoms. The first-order valence-corrected chi connectivity index (χ1v) is 11.4. The van der Waals surface area contributed by atoms with E-state index < -0.39 is 79.2 Å². The molecule has 36 heavy (non-hydrogen) atoms. The molecule has 1 saturated carbocycles. The van der Waals surface area contributed by atoms with E-state index in [4.69, 9.17) is 28.4 Å². The number of ether oxygens (including phenoxy) is 6. The molecule has 3 heterocycles. The van der Waals surface area contributed by atoms with Crippen LogP contribution in [0.15, 0.2) is 30.5 Å². The smallest absolute Gasteiger partial charge is 0.338 e. The highest BCUT2D eigenvalue weighted by atomic mass is 16.8. The number of methoxy groups -OCH3 is 1. The SMILES string of the molecule is COc1cc(C(=O)OC[C@@]23O[C@H]2[C@H](O)[C@@H]2C=CO[C@@H](O[C@H]4O[C@@H](CO)[C@H](O)[C@@H](O)[C@@H]4O)[C@H]23)ccc1O. The van der Waals surface area contributed by atoms with Crippen LogP contribution in [0.5, 0.6) is 11.5 Å². The zero-order valence-corrected chi connectivity index (χ0v) is 19.1. The van der Waals surface area contributed by atoms with E-state index in [-0.39, 0.29) is 23.7 Å². The molecule has 1 aromatic rings. The van der Waals surface area contributed by atoms with Crippen LogP contribution in [0.4, 0.5) is 0 Å². The first-order chi connectivity index (χ1) is 17.2. The van der Waals surface area contributed by atoms with Crippen molar-refractivity contribution in [1.82, 2.24) is 0 Å². The Bertz CT molecular complexity index is 1010. The lowest BCUT2D eigenvalue weighted by molar-refractivity contribution is -0.344. The molecule has 0 radical (unpaired) electrons. The fourth-order valence-electron chi connectivity index (χ4n) is 5.22. The van der Waals surface area contributed by atoms with E-state index in [1.807, 2.05) is 0 Å². The van der Waals surface area contributed by atoms with Crippen LogP contribution in [0.1, 0.15) is 10.4 Å². The number of benzene rings is 1. The second kappa shape index (κ2) is 9.43. The normalized spacial score (nSPS) is 42.7. The Morgan fingerprint density at radius 2 is 1.86 bits per heavy atom. The monoisotopic (exact) mass is 512 g/mol. The molecule has 13 heteroatoms. The molecule has 1 aliphatic carbocycles. The number of hydrogen-bond donors (Lipinski definition) is 6. The third kappa shape index (κ3) is 4.01. The number of esters is 1. The zero-order chi connectivity index (χ0) is 25.8. The summed E-state index contributed by atoms with van der Waals surface area (Å²) >= 11 is 0. The Morgan fingerprint density at radius 3 is 2.58 bits per heavy atom. The van der Waals surface area contributed by atoms with Gasteiger partial charge in [-0.2, -0.15) is 0 Å². The minimum absolute atomic E-state index is 0.0957.